The topological polar surface area (TPSA) is 107 Å². The van der Waals surface area contributed by atoms with E-state index < -0.39 is 4.92 Å². The van der Waals surface area contributed by atoms with Gasteiger partial charge in [-0.05, 0) is 37.0 Å². The van der Waals surface area contributed by atoms with Gasteiger partial charge in [-0.25, -0.2) is 4.98 Å². The Morgan fingerprint density at radius 3 is 2.83 bits per heavy atom. The summed E-state index contributed by atoms with van der Waals surface area (Å²) in [6.07, 6.45) is 4.60. The van der Waals surface area contributed by atoms with Crippen molar-refractivity contribution in [1.29, 1.82) is 0 Å². The summed E-state index contributed by atoms with van der Waals surface area (Å²) < 4.78 is 1.56. The average molecular weight is 443 g/mol. The van der Waals surface area contributed by atoms with Gasteiger partial charge in [0.2, 0.25) is 5.91 Å². The highest BCUT2D eigenvalue weighted by molar-refractivity contribution is 7.99. The Hall–Kier alpha value is -2.98. The molecule has 0 atom stereocenters. The number of allylic oxidation sites excluding steroid dienone is 1. The van der Waals surface area contributed by atoms with Crippen LogP contribution in [-0.4, -0.2) is 26.1 Å². The van der Waals surface area contributed by atoms with Gasteiger partial charge in [0.1, 0.15) is 4.83 Å². The summed E-state index contributed by atoms with van der Waals surface area (Å²) in [4.78, 5) is 42.3. The van der Waals surface area contributed by atoms with E-state index in [0.29, 0.717) is 22.8 Å². The number of fused-ring (bicyclic) bond motifs is 3. The molecule has 0 saturated carbocycles. The van der Waals surface area contributed by atoms with Crippen molar-refractivity contribution in [2.24, 2.45) is 0 Å². The molecule has 0 fully saturated rings. The number of hydrogen-bond acceptors (Lipinski definition) is 7. The van der Waals surface area contributed by atoms with Gasteiger partial charge in [0, 0.05) is 29.2 Å². The van der Waals surface area contributed by atoms with Crippen molar-refractivity contribution in [2.75, 3.05) is 11.1 Å². The number of benzene rings is 1. The van der Waals surface area contributed by atoms with Crippen molar-refractivity contribution in [3.05, 3.63) is 67.8 Å². The van der Waals surface area contributed by atoms with E-state index in [0.717, 1.165) is 29.7 Å². The van der Waals surface area contributed by atoms with Crippen LogP contribution in [0.3, 0.4) is 0 Å². The molecule has 1 aliphatic rings. The standard InChI is InChI=1S/C20H18N4O4S2/c1-2-10-23-19(26)17-14-4-3-5-15(14)30-18(17)22-20(23)29-11-16(25)21-12-6-8-13(9-7-12)24(27)28/h2,6-9H,1,3-5,10-11H2,(H,21,25). The molecule has 8 nitrogen and oxygen atoms in total. The normalized spacial score (nSPS) is 12.7. The lowest BCUT2D eigenvalue weighted by Crippen LogP contribution is -2.23. The van der Waals surface area contributed by atoms with Crippen molar-refractivity contribution >= 4 is 50.6 Å². The van der Waals surface area contributed by atoms with Crippen LogP contribution in [0.15, 0.2) is 46.9 Å². The number of carbonyl (C=O) groups is 1. The van der Waals surface area contributed by atoms with Crippen molar-refractivity contribution in [1.82, 2.24) is 9.55 Å². The molecule has 3 aromatic rings. The van der Waals surface area contributed by atoms with Crippen LogP contribution >= 0.6 is 23.1 Å². The third kappa shape index (κ3) is 3.88. The summed E-state index contributed by atoms with van der Waals surface area (Å²) in [7, 11) is 0. The number of aryl methyl sites for hydroxylation is 2. The number of hydrogen-bond donors (Lipinski definition) is 1. The first-order valence-corrected chi connectivity index (χ1v) is 11.1. The molecule has 30 heavy (non-hydrogen) atoms. The molecule has 4 rings (SSSR count). The molecule has 1 aromatic carbocycles. The molecule has 2 heterocycles. The minimum Gasteiger partial charge on any atom is -0.325 e. The Kier molecular flexibility index (Phi) is 5.69. The molecule has 1 amide bonds. The maximum Gasteiger partial charge on any atom is 0.269 e. The van der Waals surface area contributed by atoms with Crippen molar-refractivity contribution in [3.8, 4) is 0 Å². The fourth-order valence-electron chi connectivity index (χ4n) is 3.45. The number of thioether (sulfide) groups is 1. The van der Waals surface area contributed by atoms with Crippen LogP contribution in [0.4, 0.5) is 11.4 Å². The molecule has 0 aliphatic heterocycles. The maximum atomic E-state index is 13.1. The second kappa shape index (κ2) is 8.41. The zero-order valence-corrected chi connectivity index (χ0v) is 17.6. The Morgan fingerprint density at radius 1 is 1.37 bits per heavy atom. The Labute approximate surface area is 179 Å². The number of nitro benzene ring substituents is 1. The molecule has 10 heteroatoms. The number of nitrogens with zero attached hydrogens (tertiary/aromatic N) is 3. The number of rotatable bonds is 7. The van der Waals surface area contributed by atoms with Crippen LogP contribution in [-0.2, 0) is 24.2 Å². The summed E-state index contributed by atoms with van der Waals surface area (Å²) >= 11 is 2.75. The lowest BCUT2D eigenvalue weighted by Gasteiger charge is -2.10. The van der Waals surface area contributed by atoms with Gasteiger partial charge >= 0.3 is 0 Å². The minimum atomic E-state index is -0.497. The Bertz CT molecular complexity index is 1210. The number of thiophene rings is 1. The van der Waals surface area contributed by atoms with Gasteiger partial charge in [0.25, 0.3) is 11.2 Å². The lowest BCUT2D eigenvalue weighted by molar-refractivity contribution is -0.384. The van der Waals surface area contributed by atoms with Crippen LogP contribution < -0.4 is 10.9 Å². The number of amides is 1. The van der Waals surface area contributed by atoms with Gasteiger partial charge in [-0.15, -0.1) is 17.9 Å². The number of non-ortho nitro benzene ring substituents is 1. The number of anilines is 1. The Morgan fingerprint density at radius 2 is 2.13 bits per heavy atom. The lowest BCUT2D eigenvalue weighted by atomic mass is 10.2. The first-order chi connectivity index (χ1) is 14.5. The van der Waals surface area contributed by atoms with Crippen LogP contribution in [0.2, 0.25) is 0 Å². The molecule has 0 spiro atoms. The van der Waals surface area contributed by atoms with Gasteiger partial charge in [-0.2, -0.15) is 0 Å². The van der Waals surface area contributed by atoms with Crippen molar-refractivity contribution in [2.45, 2.75) is 31.0 Å². The summed E-state index contributed by atoms with van der Waals surface area (Å²) in [5.41, 5.74) is 1.46. The van der Waals surface area contributed by atoms with Crippen LogP contribution in [0.25, 0.3) is 10.2 Å². The second-order valence-electron chi connectivity index (χ2n) is 6.78. The molecular formula is C20H18N4O4S2. The first kappa shape index (κ1) is 20.3. The summed E-state index contributed by atoms with van der Waals surface area (Å²) in [5.74, 6) is -0.237. The van der Waals surface area contributed by atoms with E-state index in [1.807, 2.05) is 0 Å². The highest BCUT2D eigenvalue weighted by Gasteiger charge is 2.23. The first-order valence-electron chi connectivity index (χ1n) is 9.31. The van der Waals surface area contributed by atoms with E-state index in [1.165, 1.54) is 40.9 Å². The van der Waals surface area contributed by atoms with Gasteiger partial charge in [-0.1, -0.05) is 17.8 Å². The van der Waals surface area contributed by atoms with Crippen molar-refractivity contribution in [3.63, 3.8) is 0 Å². The fourth-order valence-corrected chi connectivity index (χ4v) is 5.56. The van der Waals surface area contributed by atoms with Crippen LogP contribution in [0.1, 0.15) is 16.9 Å². The molecule has 0 bridgehead atoms. The number of nitrogens with one attached hydrogen (secondary N) is 1. The highest BCUT2D eigenvalue weighted by atomic mass is 32.2. The van der Waals surface area contributed by atoms with Crippen LogP contribution in [0.5, 0.6) is 0 Å². The average Bonchev–Trinajstić information content (AvgIpc) is 3.30. The van der Waals surface area contributed by atoms with E-state index in [4.69, 9.17) is 0 Å². The van der Waals surface area contributed by atoms with E-state index in [2.05, 4.69) is 16.9 Å². The maximum absolute atomic E-state index is 13.1. The molecule has 1 aliphatic carbocycles. The van der Waals surface area contributed by atoms with E-state index in [9.17, 15) is 19.7 Å². The monoisotopic (exact) mass is 442 g/mol. The quantitative estimate of drug-likeness (QED) is 0.196. The molecule has 0 unspecified atom stereocenters. The van der Waals surface area contributed by atoms with Crippen LogP contribution in [0, 0.1) is 10.1 Å². The summed E-state index contributed by atoms with van der Waals surface area (Å²) in [5, 5.41) is 14.6. The molecule has 154 valence electrons. The Balaban J connectivity index is 1.53. The number of aromatic nitrogens is 2. The molecule has 2 aromatic heterocycles. The zero-order valence-electron chi connectivity index (χ0n) is 15.9. The predicted octanol–water partition coefficient (Wildman–Crippen LogP) is 3.77. The largest absolute Gasteiger partial charge is 0.325 e. The van der Waals surface area contributed by atoms with Gasteiger partial charge in [-0.3, -0.25) is 24.3 Å². The predicted molar refractivity (Wildman–Crippen MR) is 119 cm³/mol. The van der Waals surface area contributed by atoms with E-state index >= 15 is 0 Å². The number of nitro groups is 1. The smallest absolute Gasteiger partial charge is 0.269 e. The highest BCUT2D eigenvalue weighted by Crippen LogP contribution is 2.35. The molecular weight excluding hydrogens is 424 g/mol. The SMILES string of the molecule is C=CCn1c(SCC(=O)Nc2ccc([N+](=O)[O-])cc2)nc2sc3c(c2c1=O)CCC3. The fraction of sp³-hybridized carbons (Fsp3) is 0.250. The number of carbonyl (C=O) groups excluding carboxylic acids is 1. The third-order valence-corrected chi connectivity index (χ3v) is 6.96. The second-order valence-corrected chi connectivity index (χ2v) is 8.80. The summed E-state index contributed by atoms with van der Waals surface area (Å²) in [6.45, 7) is 4.05. The zero-order chi connectivity index (χ0) is 21.3. The third-order valence-electron chi connectivity index (χ3n) is 4.80. The van der Waals surface area contributed by atoms with E-state index in [-0.39, 0.29) is 22.9 Å². The van der Waals surface area contributed by atoms with Gasteiger partial charge in [0.15, 0.2) is 5.16 Å². The summed E-state index contributed by atoms with van der Waals surface area (Å²) in [6, 6.07) is 5.61. The van der Waals surface area contributed by atoms with Gasteiger partial charge < -0.3 is 5.32 Å². The van der Waals surface area contributed by atoms with Gasteiger partial charge in [0.05, 0.1) is 16.1 Å². The molecule has 0 radical (unpaired) electrons. The van der Waals surface area contributed by atoms with E-state index in [1.54, 1.807) is 22.0 Å². The molecule has 0 saturated heterocycles. The minimum absolute atomic E-state index is 0.0452. The molecule has 1 N–H and O–H groups in total. The van der Waals surface area contributed by atoms with Crippen molar-refractivity contribution < 1.29 is 9.72 Å².